The SMILES string of the molecule is C=CCNC(=O)C(C)OC(=O)/C(=C/c1ccccc1)NC(C)=O. The lowest BCUT2D eigenvalue weighted by Crippen LogP contribution is -2.37. The number of benzene rings is 1. The van der Waals surface area contributed by atoms with E-state index in [0.717, 1.165) is 5.56 Å². The minimum Gasteiger partial charge on any atom is -0.448 e. The van der Waals surface area contributed by atoms with Gasteiger partial charge in [-0.1, -0.05) is 36.4 Å². The highest BCUT2D eigenvalue weighted by molar-refractivity contribution is 5.98. The third-order valence-corrected chi connectivity index (χ3v) is 2.71. The molecule has 0 aliphatic carbocycles. The highest BCUT2D eigenvalue weighted by Gasteiger charge is 2.20. The maximum Gasteiger partial charge on any atom is 0.355 e. The van der Waals surface area contributed by atoms with Crippen molar-refractivity contribution in [2.75, 3.05) is 6.54 Å². The number of esters is 1. The van der Waals surface area contributed by atoms with Crippen molar-refractivity contribution < 1.29 is 19.1 Å². The van der Waals surface area contributed by atoms with Crippen LogP contribution in [0.4, 0.5) is 0 Å². The number of nitrogens with one attached hydrogen (secondary N) is 2. The summed E-state index contributed by atoms with van der Waals surface area (Å²) in [4.78, 5) is 35.1. The van der Waals surface area contributed by atoms with Gasteiger partial charge in [0.2, 0.25) is 5.91 Å². The van der Waals surface area contributed by atoms with Gasteiger partial charge >= 0.3 is 5.97 Å². The predicted octanol–water partition coefficient (Wildman–Crippen LogP) is 1.40. The fraction of sp³-hybridized carbons (Fsp3) is 0.235. The minimum atomic E-state index is -0.990. The molecule has 1 unspecified atom stereocenters. The fourth-order valence-corrected chi connectivity index (χ4v) is 1.65. The van der Waals surface area contributed by atoms with Crippen molar-refractivity contribution in [1.82, 2.24) is 10.6 Å². The number of rotatable bonds is 7. The van der Waals surface area contributed by atoms with E-state index in [2.05, 4.69) is 17.2 Å². The Morgan fingerprint density at radius 2 is 1.91 bits per heavy atom. The van der Waals surface area contributed by atoms with Crippen LogP contribution in [0.2, 0.25) is 0 Å². The van der Waals surface area contributed by atoms with Crippen LogP contribution in [0.15, 0.2) is 48.7 Å². The molecule has 122 valence electrons. The van der Waals surface area contributed by atoms with Crippen LogP contribution in [0, 0.1) is 0 Å². The van der Waals surface area contributed by atoms with Crippen LogP contribution in [-0.4, -0.2) is 30.4 Å². The molecule has 6 nitrogen and oxygen atoms in total. The summed E-state index contributed by atoms with van der Waals surface area (Å²) in [6.07, 6.45) is 2.01. The van der Waals surface area contributed by atoms with Crippen LogP contribution in [0.1, 0.15) is 19.4 Å². The van der Waals surface area contributed by atoms with Crippen LogP contribution >= 0.6 is 0 Å². The minimum absolute atomic E-state index is 0.0351. The maximum absolute atomic E-state index is 12.2. The molecule has 1 atom stereocenters. The molecule has 2 amide bonds. The van der Waals surface area contributed by atoms with Gasteiger partial charge in [-0.05, 0) is 18.6 Å². The number of carbonyl (C=O) groups is 3. The van der Waals surface area contributed by atoms with Crippen molar-refractivity contribution in [1.29, 1.82) is 0 Å². The molecule has 2 N–H and O–H groups in total. The van der Waals surface area contributed by atoms with Gasteiger partial charge in [0.25, 0.3) is 5.91 Å². The zero-order valence-corrected chi connectivity index (χ0v) is 13.2. The Kier molecular flexibility index (Phi) is 7.26. The lowest BCUT2D eigenvalue weighted by atomic mass is 10.2. The highest BCUT2D eigenvalue weighted by atomic mass is 16.5. The number of carbonyl (C=O) groups excluding carboxylic acids is 3. The average Bonchev–Trinajstić information content (AvgIpc) is 2.52. The Balaban J connectivity index is 2.84. The van der Waals surface area contributed by atoms with Crippen molar-refractivity contribution >= 4 is 23.9 Å². The van der Waals surface area contributed by atoms with E-state index in [1.165, 1.54) is 26.0 Å². The second-order valence-electron chi connectivity index (χ2n) is 4.73. The van der Waals surface area contributed by atoms with Crippen molar-refractivity contribution in [2.45, 2.75) is 20.0 Å². The molecule has 0 aliphatic rings. The van der Waals surface area contributed by atoms with Crippen LogP contribution in [0.3, 0.4) is 0 Å². The number of ether oxygens (including phenoxy) is 1. The Morgan fingerprint density at radius 1 is 1.26 bits per heavy atom. The van der Waals surface area contributed by atoms with E-state index in [4.69, 9.17) is 4.74 Å². The first-order valence-corrected chi connectivity index (χ1v) is 7.08. The largest absolute Gasteiger partial charge is 0.448 e. The summed E-state index contributed by atoms with van der Waals surface area (Å²) >= 11 is 0. The predicted molar refractivity (Wildman–Crippen MR) is 87.0 cm³/mol. The van der Waals surface area contributed by atoms with Gasteiger partial charge in [-0.3, -0.25) is 9.59 Å². The zero-order chi connectivity index (χ0) is 17.2. The molecule has 1 aromatic carbocycles. The molecule has 1 rings (SSSR count). The number of hydrogen-bond acceptors (Lipinski definition) is 4. The smallest absolute Gasteiger partial charge is 0.355 e. The molecule has 0 radical (unpaired) electrons. The van der Waals surface area contributed by atoms with E-state index in [1.807, 2.05) is 6.07 Å². The van der Waals surface area contributed by atoms with Gasteiger partial charge in [0.05, 0.1) is 0 Å². The second kappa shape index (κ2) is 9.19. The molecule has 0 fully saturated rings. The first kappa shape index (κ1) is 18.2. The van der Waals surface area contributed by atoms with E-state index < -0.39 is 23.9 Å². The first-order chi connectivity index (χ1) is 10.9. The maximum atomic E-state index is 12.2. The van der Waals surface area contributed by atoms with Gasteiger partial charge in [0.15, 0.2) is 6.10 Å². The van der Waals surface area contributed by atoms with E-state index in [9.17, 15) is 14.4 Å². The van der Waals surface area contributed by atoms with Gasteiger partial charge in [0.1, 0.15) is 5.70 Å². The fourth-order valence-electron chi connectivity index (χ4n) is 1.65. The quantitative estimate of drug-likeness (QED) is 0.452. The average molecular weight is 316 g/mol. The van der Waals surface area contributed by atoms with Crippen molar-refractivity contribution in [3.8, 4) is 0 Å². The molecule has 0 saturated carbocycles. The van der Waals surface area contributed by atoms with E-state index in [1.54, 1.807) is 24.3 Å². The molecular formula is C17H20N2O4. The summed E-state index contributed by atoms with van der Waals surface area (Å²) in [6.45, 7) is 6.49. The molecule has 0 aromatic heterocycles. The van der Waals surface area contributed by atoms with Crippen molar-refractivity contribution in [3.05, 3.63) is 54.2 Å². The van der Waals surface area contributed by atoms with E-state index >= 15 is 0 Å². The summed E-state index contributed by atoms with van der Waals surface area (Å²) in [7, 11) is 0. The van der Waals surface area contributed by atoms with Gasteiger partial charge < -0.3 is 15.4 Å². The van der Waals surface area contributed by atoms with E-state index in [0.29, 0.717) is 0 Å². The van der Waals surface area contributed by atoms with Gasteiger partial charge in [-0.15, -0.1) is 6.58 Å². The van der Waals surface area contributed by atoms with Gasteiger partial charge in [-0.25, -0.2) is 4.79 Å². The monoisotopic (exact) mass is 316 g/mol. The Hall–Kier alpha value is -2.89. The molecule has 1 aromatic rings. The van der Waals surface area contributed by atoms with E-state index in [-0.39, 0.29) is 12.2 Å². The van der Waals surface area contributed by atoms with Crippen LogP contribution in [0.25, 0.3) is 6.08 Å². The molecule has 0 bridgehead atoms. The third-order valence-electron chi connectivity index (χ3n) is 2.71. The molecule has 0 heterocycles. The summed E-state index contributed by atoms with van der Waals surface area (Å²) < 4.78 is 5.08. The molecule has 23 heavy (non-hydrogen) atoms. The zero-order valence-electron chi connectivity index (χ0n) is 13.2. The Bertz CT molecular complexity index is 608. The Labute approximate surface area is 135 Å². The summed E-state index contributed by atoms with van der Waals surface area (Å²) in [5.41, 5.74) is 0.684. The topological polar surface area (TPSA) is 84.5 Å². The highest BCUT2D eigenvalue weighted by Crippen LogP contribution is 2.07. The number of hydrogen-bond donors (Lipinski definition) is 2. The Morgan fingerprint density at radius 3 is 2.48 bits per heavy atom. The lowest BCUT2D eigenvalue weighted by Gasteiger charge is -2.14. The standard InChI is InChI=1S/C17H20N2O4/c1-4-10-18-16(21)12(2)23-17(22)15(19-13(3)20)11-14-8-6-5-7-9-14/h4-9,11-12H,1,10H2,2-3H3,(H,18,21)(H,19,20)/b15-11-. The molecule has 0 saturated heterocycles. The molecular weight excluding hydrogens is 296 g/mol. The molecule has 6 heteroatoms. The lowest BCUT2D eigenvalue weighted by molar-refractivity contribution is -0.151. The van der Waals surface area contributed by atoms with Gasteiger partial charge in [0, 0.05) is 13.5 Å². The van der Waals surface area contributed by atoms with Crippen molar-refractivity contribution in [2.24, 2.45) is 0 Å². The van der Waals surface area contributed by atoms with Gasteiger partial charge in [-0.2, -0.15) is 0 Å². The third kappa shape index (κ3) is 6.60. The number of amides is 2. The van der Waals surface area contributed by atoms with Crippen LogP contribution in [-0.2, 0) is 19.1 Å². The van der Waals surface area contributed by atoms with Crippen molar-refractivity contribution in [3.63, 3.8) is 0 Å². The first-order valence-electron chi connectivity index (χ1n) is 7.08. The summed E-state index contributed by atoms with van der Waals surface area (Å²) in [5, 5.41) is 4.94. The van der Waals surface area contributed by atoms with Crippen LogP contribution < -0.4 is 10.6 Å². The second-order valence-corrected chi connectivity index (χ2v) is 4.73. The van der Waals surface area contributed by atoms with Crippen LogP contribution in [0.5, 0.6) is 0 Å². The normalized spacial score (nSPS) is 12.0. The summed E-state index contributed by atoms with van der Waals surface area (Å²) in [5.74, 6) is -1.64. The summed E-state index contributed by atoms with van der Waals surface area (Å²) in [6, 6.07) is 8.98. The molecule has 0 spiro atoms. The molecule has 0 aliphatic heterocycles.